The molecule has 1 saturated heterocycles. The molecule has 146 valence electrons. The van der Waals surface area contributed by atoms with Crippen molar-refractivity contribution in [2.75, 3.05) is 7.11 Å². The summed E-state index contributed by atoms with van der Waals surface area (Å²) in [6.45, 7) is 6.65. The molecule has 1 aromatic rings. The standard InChI is InChI=1S/C22H30N2O3/c1-20(2,3)12-14-5-6-15-13-21(9-7-16(27-4)8-10-21)22(17(15)11-14)18(25)23-19(26)24-22/h5-6,11,16H,7-10,12-13H2,1-4H3,(H2,23,24,25,26). The Kier molecular flexibility index (Phi) is 4.15. The Hall–Kier alpha value is -1.88. The minimum atomic E-state index is -0.938. The van der Waals surface area contributed by atoms with Gasteiger partial charge in [-0.05, 0) is 60.6 Å². The lowest BCUT2D eigenvalue weighted by atomic mass is 9.61. The number of carbonyl (C=O) groups is 2. The summed E-state index contributed by atoms with van der Waals surface area (Å²) in [5, 5.41) is 5.61. The maximum absolute atomic E-state index is 13.2. The monoisotopic (exact) mass is 370 g/mol. The van der Waals surface area contributed by atoms with E-state index in [2.05, 4.69) is 49.6 Å². The number of imide groups is 1. The summed E-state index contributed by atoms with van der Waals surface area (Å²) in [6.07, 6.45) is 5.61. The van der Waals surface area contributed by atoms with Crippen molar-refractivity contribution >= 4 is 11.9 Å². The summed E-state index contributed by atoms with van der Waals surface area (Å²) < 4.78 is 5.56. The number of urea groups is 1. The summed E-state index contributed by atoms with van der Waals surface area (Å²) in [5.74, 6) is -0.185. The van der Waals surface area contributed by atoms with Crippen molar-refractivity contribution in [1.82, 2.24) is 10.6 Å². The number of amides is 3. The first-order valence-electron chi connectivity index (χ1n) is 9.98. The van der Waals surface area contributed by atoms with E-state index in [4.69, 9.17) is 4.74 Å². The molecule has 3 aliphatic rings. The van der Waals surface area contributed by atoms with E-state index in [0.29, 0.717) is 0 Å². The summed E-state index contributed by atoms with van der Waals surface area (Å²) in [4.78, 5) is 25.4. The highest BCUT2D eigenvalue weighted by Gasteiger charge is 2.66. The van der Waals surface area contributed by atoms with Crippen LogP contribution in [0.2, 0.25) is 0 Å². The van der Waals surface area contributed by atoms with Gasteiger partial charge in [0.1, 0.15) is 0 Å². The minimum absolute atomic E-state index is 0.162. The van der Waals surface area contributed by atoms with E-state index in [1.165, 1.54) is 11.1 Å². The fraction of sp³-hybridized carbons (Fsp3) is 0.636. The number of hydrogen-bond donors (Lipinski definition) is 2. The number of ether oxygens (including phenoxy) is 1. The summed E-state index contributed by atoms with van der Waals surface area (Å²) in [7, 11) is 1.75. The Labute approximate surface area is 161 Å². The Bertz CT molecular complexity index is 787. The Morgan fingerprint density at radius 3 is 2.44 bits per heavy atom. The molecule has 1 atom stereocenters. The zero-order chi connectivity index (χ0) is 19.4. The van der Waals surface area contributed by atoms with Gasteiger partial charge < -0.3 is 10.1 Å². The van der Waals surface area contributed by atoms with E-state index in [1.54, 1.807) is 7.11 Å². The van der Waals surface area contributed by atoms with Crippen LogP contribution in [-0.2, 0) is 27.9 Å². The number of methoxy groups -OCH3 is 1. The smallest absolute Gasteiger partial charge is 0.322 e. The van der Waals surface area contributed by atoms with Gasteiger partial charge in [-0.15, -0.1) is 0 Å². The number of hydrogen-bond acceptors (Lipinski definition) is 3. The molecule has 1 aromatic carbocycles. The van der Waals surface area contributed by atoms with E-state index in [0.717, 1.165) is 44.1 Å². The quantitative estimate of drug-likeness (QED) is 0.784. The lowest BCUT2D eigenvalue weighted by Gasteiger charge is -2.46. The maximum atomic E-state index is 13.2. The van der Waals surface area contributed by atoms with Gasteiger partial charge in [0.05, 0.1) is 6.10 Å². The molecule has 27 heavy (non-hydrogen) atoms. The van der Waals surface area contributed by atoms with Crippen molar-refractivity contribution in [3.63, 3.8) is 0 Å². The number of nitrogens with one attached hydrogen (secondary N) is 2. The van der Waals surface area contributed by atoms with Gasteiger partial charge in [-0.2, -0.15) is 0 Å². The van der Waals surface area contributed by atoms with Crippen LogP contribution in [0, 0.1) is 10.8 Å². The molecule has 0 aromatic heterocycles. The van der Waals surface area contributed by atoms with Crippen molar-refractivity contribution < 1.29 is 14.3 Å². The first-order valence-corrected chi connectivity index (χ1v) is 9.98. The van der Waals surface area contributed by atoms with E-state index in [1.807, 2.05) is 0 Å². The first kappa shape index (κ1) is 18.5. The Balaban J connectivity index is 1.80. The van der Waals surface area contributed by atoms with Crippen molar-refractivity contribution in [2.24, 2.45) is 10.8 Å². The fourth-order valence-electron chi connectivity index (χ4n) is 5.58. The second-order valence-corrected chi connectivity index (χ2v) is 9.78. The average Bonchev–Trinajstić information content (AvgIpc) is 3.03. The molecule has 1 unspecified atom stereocenters. The molecule has 2 aliphatic carbocycles. The number of carbonyl (C=O) groups excluding carboxylic acids is 2. The molecular formula is C22H30N2O3. The second-order valence-electron chi connectivity index (χ2n) is 9.78. The van der Waals surface area contributed by atoms with E-state index in [9.17, 15) is 9.59 Å². The third-order valence-corrected chi connectivity index (χ3v) is 6.73. The Morgan fingerprint density at radius 2 is 1.89 bits per heavy atom. The van der Waals surface area contributed by atoms with Gasteiger partial charge >= 0.3 is 6.03 Å². The van der Waals surface area contributed by atoms with Gasteiger partial charge in [0.15, 0.2) is 5.54 Å². The molecule has 5 heteroatoms. The number of fused-ring (bicyclic) bond motifs is 3. The van der Waals surface area contributed by atoms with Crippen LogP contribution in [-0.4, -0.2) is 25.2 Å². The van der Waals surface area contributed by atoms with Crippen LogP contribution in [0.3, 0.4) is 0 Å². The highest BCUT2D eigenvalue weighted by atomic mass is 16.5. The normalized spacial score (nSPS) is 32.7. The van der Waals surface area contributed by atoms with Crippen LogP contribution in [0.1, 0.15) is 63.1 Å². The topological polar surface area (TPSA) is 67.4 Å². The molecule has 2 spiro atoms. The summed E-state index contributed by atoms with van der Waals surface area (Å²) >= 11 is 0. The maximum Gasteiger partial charge on any atom is 0.322 e. The van der Waals surface area contributed by atoms with Crippen LogP contribution in [0.15, 0.2) is 18.2 Å². The van der Waals surface area contributed by atoms with Gasteiger partial charge in [-0.3, -0.25) is 10.1 Å². The van der Waals surface area contributed by atoms with E-state index in [-0.39, 0.29) is 28.9 Å². The molecule has 1 saturated carbocycles. The molecule has 2 fully saturated rings. The van der Waals surface area contributed by atoms with Crippen molar-refractivity contribution in [3.8, 4) is 0 Å². The molecular weight excluding hydrogens is 340 g/mol. The third kappa shape index (κ3) is 2.78. The third-order valence-electron chi connectivity index (χ3n) is 6.73. The SMILES string of the molecule is COC1CCC2(CC1)Cc1ccc(CC(C)(C)C)cc1C21NC(=O)NC1=O. The van der Waals surface area contributed by atoms with Crippen LogP contribution < -0.4 is 10.6 Å². The highest BCUT2D eigenvalue weighted by molar-refractivity contribution is 6.08. The van der Waals surface area contributed by atoms with Gasteiger partial charge in [0.2, 0.25) is 0 Å². The summed E-state index contributed by atoms with van der Waals surface area (Å²) in [6, 6.07) is 6.16. The highest BCUT2D eigenvalue weighted by Crippen LogP contribution is 2.59. The van der Waals surface area contributed by atoms with E-state index < -0.39 is 5.54 Å². The molecule has 2 N–H and O–H groups in total. The van der Waals surface area contributed by atoms with Gasteiger partial charge in [0, 0.05) is 12.5 Å². The predicted octanol–water partition coefficient (Wildman–Crippen LogP) is 3.44. The Morgan fingerprint density at radius 1 is 1.19 bits per heavy atom. The molecule has 1 heterocycles. The number of benzene rings is 1. The average molecular weight is 370 g/mol. The van der Waals surface area contributed by atoms with E-state index >= 15 is 0 Å². The summed E-state index contributed by atoms with van der Waals surface area (Å²) in [5.41, 5.74) is 2.38. The molecule has 5 nitrogen and oxygen atoms in total. The lowest BCUT2D eigenvalue weighted by molar-refractivity contribution is -0.131. The largest absolute Gasteiger partial charge is 0.381 e. The van der Waals surface area contributed by atoms with Gasteiger partial charge in [0.25, 0.3) is 5.91 Å². The van der Waals surface area contributed by atoms with Gasteiger partial charge in [-0.25, -0.2) is 4.79 Å². The molecule has 0 radical (unpaired) electrons. The zero-order valence-corrected chi connectivity index (χ0v) is 16.8. The van der Waals surface area contributed by atoms with Crippen LogP contribution in [0.4, 0.5) is 4.79 Å². The zero-order valence-electron chi connectivity index (χ0n) is 16.8. The predicted molar refractivity (Wildman–Crippen MR) is 103 cm³/mol. The van der Waals surface area contributed by atoms with Crippen LogP contribution in [0.5, 0.6) is 0 Å². The van der Waals surface area contributed by atoms with Crippen LogP contribution >= 0.6 is 0 Å². The second kappa shape index (κ2) is 6.06. The molecule has 3 amide bonds. The van der Waals surface area contributed by atoms with Crippen molar-refractivity contribution in [1.29, 1.82) is 0 Å². The number of rotatable bonds is 2. The molecule has 0 bridgehead atoms. The van der Waals surface area contributed by atoms with Gasteiger partial charge in [-0.1, -0.05) is 39.0 Å². The first-order chi connectivity index (χ1) is 12.7. The molecule has 4 rings (SSSR count). The lowest BCUT2D eigenvalue weighted by Crippen LogP contribution is -2.56. The molecule has 1 aliphatic heterocycles. The van der Waals surface area contributed by atoms with Crippen LogP contribution in [0.25, 0.3) is 0 Å². The minimum Gasteiger partial charge on any atom is -0.381 e. The van der Waals surface area contributed by atoms with Crippen molar-refractivity contribution in [2.45, 2.75) is 70.9 Å². The fourth-order valence-corrected chi connectivity index (χ4v) is 5.58. The van der Waals surface area contributed by atoms with Crippen molar-refractivity contribution in [3.05, 3.63) is 34.9 Å².